The van der Waals surface area contributed by atoms with Crippen molar-refractivity contribution in [1.82, 2.24) is 15.4 Å². The van der Waals surface area contributed by atoms with E-state index >= 15 is 0 Å². The Morgan fingerprint density at radius 3 is 3.00 bits per heavy atom. The van der Waals surface area contributed by atoms with Gasteiger partial charge in [0.05, 0.1) is 5.69 Å². The number of aromatic nitrogens is 3. The van der Waals surface area contributed by atoms with Crippen molar-refractivity contribution in [2.75, 3.05) is 11.9 Å². The number of carbonyl (C=O) groups is 2. The number of amides is 2. The third kappa shape index (κ3) is 1.88. The summed E-state index contributed by atoms with van der Waals surface area (Å²) >= 11 is 0. The second-order valence-electron chi connectivity index (χ2n) is 3.93. The molecule has 1 aromatic heterocycles. The van der Waals surface area contributed by atoms with Gasteiger partial charge in [0, 0.05) is 5.56 Å². The Morgan fingerprint density at radius 1 is 1.37 bits per heavy atom. The summed E-state index contributed by atoms with van der Waals surface area (Å²) in [5, 5.41) is 12.6. The number of hydrogen-bond acceptors (Lipinski definition) is 5. The highest BCUT2D eigenvalue weighted by molar-refractivity contribution is 5.99. The van der Waals surface area contributed by atoms with Crippen molar-refractivity contribution in [3.63, 3.8) is 0 Å². The molecule has 0 saturated carbocycles. The Bertz CT molecular complexity index is 679. The minimum absolute atomic E-state index is 0.0111. The summed E-state index contributed by atoms with van der Waals surface area (Å²) in [5.41, 5.74) is 6.70. The van der Waals surface area contributed by atoms with Gasteiger partial charge in [0.2, 0.25) is 0 Å². The average molecular weight is 259 g/mol. The minimum Gasteiger partial charge on any atom is -0.482 e. The largest absolute Gasteiger partial charge is 0.482 e. The zero-order chi connectivity index (χ0) is 13.4. The number of ether oxygens (including phenoxy) is 1. The maximum Gasteiger partial charge on any atom is 0.271 e. The summed E-state index contributed by atoms with van der Waals surface area (Å²) in [6.07, 6.45) is 0. The molecule has 19 heavy (non-hydrogen) atoms. The number of carbonyl (C=O) groups excluding carboxylic acids is 2. The van der Waals surface area contributed by atoms with Crippen LogP contribution in [0, 0.1) is 0 Å². The third-order valence-corrected chi connectivity index (χ3v) is 2.67. The lowest BCUT2D eigenvalue weighted by molar-refractivity contribution is -0.118. The Kier molecular flexibility index (Phi) is 2.41. The molecule has 4 N–H and O–H groups in total. The Morgan fingerprint density at radius 2 is 2.21 bits per heavy atom. The van der Waals surface area contributed by atoms with Crippen LogP contribution in [-0.4, -0.2) is 33.8 Å². The molecule has 2 amide bonds. The van der Waals surface area contributed by atoms with Crippen molar-refractivity contribution in [3.8, 4) is 17.0 Å². The maximum atomic E-state index is 11.3. The highest BCUT2D eigenvalue weighted by Gasteiger charge is 2.20. The van der Waals surface area contributed by atoms with E-state index in [2.05, 4.69) is 20.7 Å². The Labute approximate surface area is 106 Å². The number of anilines is 1. The van der Waals surface area contributed by atoms with E-state index in [1.54, 1.807) is 18.2 Å². The summed E-state index contributed by atoms with van der Waals surface area (Å²) in [7, 11) is 0. The van der Waals surface area contributed by atoms with Crippen molar-refractivity contribution in [3.05, 3.63) is 23.9 Å². The lowest BCUT2D eigenvalue weighted by Crippen LogP contribution is -2.25. The molecule has 2 heterocycles. The smallest absolute Gasteiger partial charge is 0.271 e. The van der Waals surface area contributed by atoms with Crippen LogP contribution in [0.1, 0.15) is 10.5 Å². The SMILES string of the molecule is NC(=O)c1n[nH]nc1-c1ccc2c(c1)NC(=O)CO2. The number of nitrogens with two attached hydrogens (primary N) is 1. The molecule has 0 unspecified atom stereocenters. The number of aromatic amines is 1. The van der Waals surface area contributed by atoms with E-state index in [1.165, 1.54) is 0 Å². The van der Waals surface area contributed by atoms with E-state index in [0.717, 1.165) is 0 Å². The van der Waals surface area contributed by atoms with Crippen molar-refractivity contribution in [2.45, 2.75) is 0 Å². The fraction of sp³-hybridized carbons (Fsp3) is 0.0909. The number of primary amides is 1. The van der Waals surface area contributed by atoms with E-state index in [1.807, 2.05) is 0 Å². The van der Waals surface area contributed by atoms with Crippen LogP contribution in [0.2, 0.25) is 0 Å². The predicted octanol–water partition coefficient (Wildman–Crippen LogP) is -0.0985. The first-order valence-corrected chi connectivity index (χ1v) is 5.43. The summed E-state index contributed by atoms with van der Waals surface area (Å²) < 4.78 is 5.24. The number of fused-ring (bicyclic) bond motifs is 1. The molecule has 0 atom stereocenters. The Hall–Kier alpha value is -2.90. The first-order valence-electron chi connectivity index (χ1n) is 5.43. The number of H-pyrrole nitrogens is 1. The van der Waals surface area contributed by atoms with Gasteiger partial charge < -0.3 is 15.8 Å². The molecule has 0 fully saturated rings. The molecule has 1 aliphatic heterocycles. The second kappa shape index (κ2) is 4.09. The van der Waals surface area contributed by atoms with Gasteiger partial charge in [-0.25, -0.2) is 0 Å². The van der Waals surface area contributed by atoms with Crippen molar-refractivity contribution >= 4 is 17.5 Å². The van der Waals surface area contributed by atoms with Crippen molar-refractivity contribution in [2.24, 2.45) is 5.73 Å². The van der Waals surface area contributed by atoms with Gasteiger partial charge in [0.15, 0.2) is 12.3 Å². The fourth-order valence-corrected chi connectivity index (χ4v) is 1.83. The average Bonchev–Trinajstić information content (AvgIpc) is 2.87. The molecular formula is C11H9N5O3. The fourth-order valence-electron chi connectivity index (χ4n) is 1.83. The minimum atomic E-state index is -0.679. The van der Waals surface area contributed by atoms with E-state index in [4.69, 9.17) is 10.5 Å². The molecule has 3 rings (SSSR count). The molecule has 0 saturated heterocycles. The number of nitrogens with one attached hydrogen (secondary N) is 2. The monoisotopic (exact) mass is 259 g/mol. The number of nitrogens with zero attached hydrogens (tertiary/aromatic N) is 2. The summed E-state index contributed by atoms with van der Waals surface area (Å²) in [6.45, 7) is -0.0111. The highest BCUT2D eigenvalue weighted by Crippen LogP contribution is 2.32. The molecule has 0 bridgehead atoms. The van der Waals surface area contributed by atoms with E-state index < -0.39 is 5.91 Å². The van der Waals surface area contributed by atoms with Crippen LogP contribution >= 0.6 is 0 Å². The third-order valence-electron chi connectivity index (χ3n) is 2.67. The zero-order valence-corrected chi connectivity index (χ0v) is 9.64. The van der Waals surface area contributed by atoms with E-state index in [9.17, 15) is 9.59 Å². The van der Waals surface area contributed by atoms with Crippen molar-refractivity contribution in [1.29, 1.82) is 0 Å². The molecule has 0 radical (unpaired) electrons. The van der Waals surface area contributed by atoms with Crippen molar-refractivity contribution < 1.29 is 14.3 Å². The molecule has 0 spiro atoms. The number of hydrogen-bond donors (Lipinski definition) is 3. The zero-order valence-electron chi connectivity index (χ0n) is 9.64. The number of benzene rings is 1. The van der Waals surface area contributed by atoms with E-state index in [0.29, 0.717) is 22.7 Å². The van der Waals surface area contributed by atoms with Gasteiger partial charge in [-0.15, -0.1) is 0 Å². The standard InChI is InChI=1S/C11H9N5O3/c12-11(18)10-9(14-16-15-10)5-1-2-7-6(3-5)13-8(17)4-19-7/h1-3H,4H2,(H2,12,18)(H,13,17)(H,14,15,16). The van der Waals surface area contributed by atoms with Gasteiger partial charge >= 0.3 is 0 Å². The molecule has 1 aliphatic rings. The lowest BCUT2D eigenvalue weighted by Gasteiger charge is -2.18. The molecule has 2 aromatic rings. The highest BCUT2D eigenvalue weighted by atomic mass is 16.5. The van der Waals surface area contributed by atoms with Crippen LogP contribution in [0.4, 0.5) is 5.69 Å². The first-order chi connectivity index (χ1) is 9.15. The van der Waals surface area contributed by atoms with Gasteiger partial charge in [0.1, 0.15) is 11.4 Å². The quantitative estimate of drug-likeness (QED) is 0.695. The van der Waals surface area contributed by atoms with Crippen LogP contribution < -0.4 is 15.8 Å². The summed E-state index contributed by atoms with van der Waals surface area (Å²) in [5.74, 6) is -0.353. The molecule has 96 valence electrons. The lowest BCUT2D eigenvalue weighted by atomic mass is 10.1. The Balaban J connectivity index is 2.07. The summed E-state index contributed by atoms with van der Waals surface area (Å²) in [4.78, 5) is 22.5. The van der Waals surface area contributed by atoms with Crippen LogP contribution in [0.5, 0.6) is 5.75 Å². The maximum absolute atomic E-state index is 11.3. The van der Waals surface area contributed by atoms with Crippen LogP contribution in [-0.2, 0) is 4.79 Å². The number of rotatable bonds is 2. The van der Waals surface area contributed by atoms with Crippen LogP contribution in [0.25, 0.3) is 11.3 Å². The molecular weight excluding hydrogens is 250 g/mol. The topological polar surface area (TPSA) is 123 Å². The van der Waals surface area contributed by atoms with Gasteiger partial charge in [0.25, 0.3) is 11.8 Å². The molecule has 8 heteroatoms. The second-order valence-corrected chi connectivity index (χ2v) is 3.93. The van der Waals surface area contributed by atoms with Gasteiger partial charge in [-0.1, -0.05) is 0 Å². The molecule has 8 nitrogen and oxygen atoms in total. The van der Waals surface area contributed by atoms with Gasteiger partial charge in [-0.3, -0.25) is 9.59 Å². The van der Waals surface area contributed by atoms with E-state index in [-0.39, 0.29) is 18.2 Å². The van der Waals surface area contributed by atoms with Gasteiger partial charge in [-0.2, -0.15) is 15.4 Å². The predicted molar refractivity (Wildman–Crippen MR) is 64.5 cm³/mol. The summed E-state index contributed by atoms with van der Waals surface area (Å²) in [6, 6.07) is 5.04. The van der Waals surface area contributed by atoms with Crippen LogP contribution in [0.3, 0.4) is 0 Å². The van der Waals surface area contributed by atoms with Gasteiger partial charge in [-0.05, 0) is 18.2 Å². The molecule has 0 aliphatic carbocycles. The first kappa shape index (κ1) is 11.2. The van der Waals surface area contributed by atoms with Crippen LogP contribution in [0.15, 0.2) is 18.2 Å². The molecule has 1 aromatic carbocycles. The normalized spacial score (nSPS) is 13.4.